The lowest BCUT2D eigenvalue weighted by molar-refractivity contribution is 0.374. The predicted octanol–water partition coefficient (Wildman–Crippen LogP) is 2.65. The highest BCUT2D eigenvalue weighted by Crippen LogP contribution is 2.36. The van der Waals surface area contributed by atoms with Gasteiger partial charge in [0.15, 0.2) is 0 Å². The zero-order valence-corrected chi connectivity index (χ0v) is 9.51. The number of benzene rings is 1. The number of rotatable bonds is 2. The van der Waals surface area contributed by atoms with Crippen molar-refractivity contribution in [1.82, 2.24) is 0 Å². The van der Waals surface area contributed by atoms with Gasteiger partial charge in [0, 0.05) is 0 Å². The Kier molecular flexibility index (Phi) is 3.45. The third-order valence-electron chi connectivity index (χ3n) is 2.08. The molecule has 2 nitrogen and oxygen atoms in total. The molecule has 0 heterocycles. The summed E-state index contributed by atoms with van der Waals surface area (Å²) in [6.07, 6.45) is 0. The zero-order valence-electron chi connectivity index (χ0n) is 8.69. The van der Waals surface area contributed by atoms with Gasteiger partial charge in [0.25, 0.3) is 0 Å². The van der Waals surface area contributed by atoms with E-state index in [0.29, 0.717) is 0 Å². The molecule has 0 aromatic heterocycles. The van der Waals surface area contributed by atoms with Gasteiger partial charge in [-0.1, -0.05) is 51.1 Å². The van der Waals surface area contributed by atoms with Crippen LogP contribution in [0.15, 0.2) is 30.3 Å². The molecule has 3 heteroatoms. The molecule has 78 valence electrons. The quantitative estimate of drug-likeness (QED) is 0.705. The second-order valence-corrected chi connectivity index (χ2v) is 5.41. The van der Waals surface area contributed by atoms with E-state index in [1.165, 1.54) is 0 Å². The molecular weight excluding hydrogens is 196 g/mol. The summed E-state index contributed by atoms with van der Waals surface area (Å²) in [5.41, 5.74) is 0.585. The summed E-state index contributed by atoms with van der Waals surface area (Å²) in [6.45, 7) is 5.79. The summed E-state index contributed by atoms with van der Waals surface area (Å²) in [6, 6.07) is 9.32. The van der Waals surface area contributed by atoms with Crippen LogP contribution in [-0.2, 0) is 11.1 Å². The molecule has 0 bridgehead atoms. The molecule has 0 N–H and O–H groups in total. The average molecular weight is 211 g/mol. The van der Waals surface area contributed by atoms with Crippen LogP contribution in [0.5, 0.6) is 0 Å². The molecule has 0 saturated carbocycles. The van der Waals surface area contributed by atoms with Crippen LogP contribution in [0.4, 0.5) is 0 Å². The van der Waals surface area contributed by atoms with Crippen molar-refractivity contribution in [1.29, 1.82) is 0 Å². The molecule has 0 amide bonds. The maximum absolute atomic E-state index is 11.1. The van der Waals surface area contributed by atoms with Crippen molar-refractivity contribution in [2.45, 2.75) is 26.0 Å². The standard InChI is InChI=1S/C11H16O2S/c1-11(2,3)10(14(12)13)9-7-5-4-6-8-9/h4-8,10H,1-3H3,(H,12,13)/p-1. The molecule has 1 aromatic rings. The molecule has 0 aliphatic heterocycles. The fourth-order valence-corrected chi connectivity index (χ4v) is 2.48. The predicted molar refractivity (Wildman–Crippen MR) is 57.6 cm³/mol. The maximum Gasteiger partial charge on any atom is 0.0513 e. The smallest absolute Gasteiger partial charge is 0.0513 e. The number of hydrogen-bond acceptors (Lipinski definition) is 2. The largest absolute Gasteiger partial charge is 0.772 e. The first-order valence-electron chi connectivity index (χ1n) is 4.56. The molecule has 2 unspecified atom stereocenters. The topological polar surface area (TPSA) is 40.1 Å². The molecule has 0 fully saturated rings. The first-order valence-corrected chi connectivity index (χ1v) is 5.70. The second kappa shape index (κ2) is 4.24. The summed E-state index contributed by atoms with van der Waals surface area (Å²) in [4.78, 5) is 0. The Balaban J connectivity index is 3.08. The molecule has 0 aliphatic rings. The maximum atomic E-state index is 11.1. The van der Waals surface area contributed by atoms with Crippen LogP contribution in [0, 0.1) is 5.41 Å². The van der Waals surface area contributed by atoms with E-state index in [1.54, 1.807) is 0 Å². The van der Waals surface area contributed by atoms with Crippen molar-refractivity contribution in [2.75, 3.05) is 0 Å². The Morgan fingerprint density at radius 3 is 2.07 bits per heavy atom. The Labute approximate surface area is 87.6 Å². The van der Waals surface area contributed by atoms with Crippen LogP contribution in [0.1, 0.15) is 31.6 Å². The van der Waals surface area contributed by atoms with E-state index in [1.807, 2.05) is 51.1 Å². The van der Waals surface area contributed by atoms with Crippen molar-refractivity contribution >= 4 is 11.1 Å². The Morgan fingerprint density at radius 1 is 1.21 bits per heavy atom. The molecule has 0 aliphatic carbocycles. The van der Waals surface area contributed by atoms with Gasteiger partial charge >= 0.3 is 0 Å². The van der Waals surface area contributed by atoms with Crippen LogP contribution in [-0.4, -0.2) is 8.76 Å². The van der Waals surface area contributed by atoms with Crippen LogP contribution in [0.3, 0.4) is 0 Å². The monoisotopic (exact) mass is 211 g/mol. The molecule has 14 heavy (non-hydrogen) atoms. The molecule has 1 rings (SSSR count). The van der Waals surface area contributed by atoms with E-state index < -0.39 is 16.3 Å². The van der Waals surface area contributed by atoms with Crippen molar-refractivity contribution in [3.63, 3.8) is 0 Å². The van der Waals surface area contributed by atoms with Crippen LogP contribution in [0.2, 0.25) is 0 Å². The SMILES string of the molecule is CC(C)(C)C(c1ccccc1)S(=O)[O-]. The van der Waals surface area contributed by atoms with Crippen LogP contribution >= 0.6 is 0 Å². The van der Waals surface area contributed by atoms with Crippen molar-refractivity contribution < 1.29 is 8.76 Å². The van der Waals surface area contributed by atoms with Gasteiger partial charge in [0.2, 0.25) is 0 Å². The normalized spacial score (nSPS) is 16.3. The van der Waals surface area contributed by atoms with Gasteiger partial charge in [0.05, 0.1) is 5.25 Å². The molecule has 1 aromatic carbocycles. The Hall–Kier alpha value is -0.670. The Morgan fingerprint density at radius 2 is 1.71 bits per heavy atom. The van der Waals surface area contributed by atoms with Crippen molar-refractivity contribution in [2.24, 2.45) is 5.41 Å². The van der Waals surface area contributed by atoms with E-state index in [2.05, 4.69) is 0 Å². The van der Waals surface area contributed by atoms with Gasteiger partial charge in [-0.2, -0.15) is 0 Å². The summed E-state index contributed by atoms with van der Waals surface area (Å²) in [5, 5.41) is -0.441. The Bertz CT molecular complexity index is 314. The third-order valence-corrected chi connectivity index (χ3v) is 3.45. The van der Waals surface area contributed by atoms with E-state index >= 15 is 0 Å². The second-order valence-electron chi connectivity index (χ2n) is 4.42. The first-order chi connectivity index (χ1) is 6.43. The van der Waals surface area contributed by atoms with Crippen molar-refractivity contribution in [3.05, 3.63) is 35.9 Å². The minimum atomic E-state index is -2.07. The van der Waals surface area contributed by atoms with E-state index in [0.717, 1.165) is 5.56 Å². The minimum Gasteiger partial charge on any atom is -0.772 e. The summed E-state index contributed by atoms with van der Waals surface area (Å²) >= 11 is -2.07. The fraction of sp³-hybridized carbons (Fsp3) is 0.455. The first kappa shape index (κ1) is 11.4. The average Bonchev–Trinajstić information content (AvgIpc) is 2.02. The lowest BCUT2D eigenvalue weighted by Gasteiger charge is -2.32. The molecule has 0 spiro atoms. The fourth-order valence-electron chi connectivity index (χ4n) is 1.53. The van der Waals surface area contributed by atoms with E-state index in [-0.39, 0.29) is 5.41 Å². The molecule has 0 radical (unpaired) electrons. The lowest BCUT2D eigenvalue weighted by atomic mass is 9.87. The van der Waals surface area contributed by atoms with Gasteiger partial charge in [-0.25, -0.2) is 0 Å². The van der Waals surface area contributed by atoms with Crippen molar-refractivity contribution in [3.8, 4) is 0 Å². The van der Waals surface area contributed by atoms with Gasteiger partial charge in [0.1, 0.15) is 0 Å². The van der Waals surface area contributed by atoms with Gasteiger partial charge < -0.3 is 4.55 Å². The molecular formula is C11H15O2S-. The van der Waals surface area contributed by atoms with Crippen LogP contribution in [0.25, 0.3) is 0 Å². The lowest BCUT2D eigenvalue weighted by Crippen LogP contribution is -2.22. The summed E-state index contributed by atoms with van der Waals surface area (Å²) in [7, 11) is 0. The zero-order chi connectivity index (χ0) is 10.8. The minimum absolute atomic E-state index is 0.270. The molecule has 2 atom stereocenters. The molecule has 0 saturated heterocycles. The van der Waals surface area contributed by atoms with Gasteiger partial charge in [-0.15, -0.1) is 0 Å². The van der Waals surface area contributed by atoms with Crippen LogP contribution < -0.4 is 0 Å². The highest BCUT2D eigenvalue weighted by Gasteiger charge is 2.26. The van der Waals surface area contributed by atoms with E-state index in [9.17, 15) is 8.76 Å². The number of hydrogen-bond donors (Lipinski definition) is 0. The summed E-state index contributed by atoms with van der Waals surface area (Å²) in [5.74, 6) is 0. The third kappa shape index (κ3) is 2.66. The highest BCUT2D eigenvalue weighted by atomic mass is 32.2. The van der Waals surface area contributed by atoms with Gasteiger partial charge in [-0.3, -0.25) is 4.21 Å². The van der Waals surface area contributed by atoms with E-state index in [4.69, 9.17) is 0 Å². The van der Waals surface area contributed by atoms with Gasteiger partial charge in [-0.05, 0) is 22.1 Å². The summed E-state index contributed by atoms with van der Waals surface area (Å²) < 4.78 is 22.3. The highest BCUT2D eigenvalue weighted by molar-refractivity contribution is 7.79.